The Labute approximate surface area is 533 Å². The maximum absolute atomic E-state index is 14.4. The van der Waals surface area contributed by atoms with Crippen LogP contribution in [0.4, 0.5) is 15.3 Å². The van der Waals surface area contributed by atoms with E-state index in [4.69, 9.17) is 35.3 Å². The molecule has 1 unspecified atom stereocenters. The average molecular weight is 1270 g/mol. The molecule has 0 radical (unpaired) electrons. The van der Waals surface area contributed by atoms with Gasteiger partial charge >= 0.3 is 18.2 Å². The highest BCUT2D eigenvalue weighted by Gasteiger charge is 2.64. The largest absolute Gasteiger partial charge is 0.457 e. The lowest BCUT2D eigenvalue weighted by Gasteiger charge is -2.42. The number of methoxy groups -OCH3 is 1. The normalized spacial score (nSPS) is 23.4. The number of amides is 7. The fourth-order valence-corrected chi connectivity index (χ4v) is 12.4. The number of likely N-dealkylation sites (N-methyl/N-ethyl adjacent to an activating group) is 1. The number of epoxide rings is 1. The van der Waals surface area contributed by atoms with E-state index in [1.807, 2.05) is 85.2 Å². The quantitative estimate of drug-likeness (QED) is 0.0274. The topological polar surface area (TPSA) is 272 Å². The monoisotopic (exact) mass is 1270 g/mol. The number of allylic oxidation sites excluding steroid dienone is 3. The number of esters is 1. The fourth-order valence-electron chi connectivity index (χ4n) is 12.2. The van der Waals surface area contributed by atoms with E-state index in [1.54, 1.807) is 58.2 Å². The van der Waals surface area contributed by atoms with Crippen LogP contribution in [0.5, 0.6) is 0 Å². The van der Waals surface area contributed by atoms with E-state index in [2.05, 4.69) is 45.5 Å². The van der Waals surface area contributed by atoms with Crippen LogP contribution < -0.4 is 26.2 Å². The Morgan fingerprint density at radius 3 is 2.20 bits per heavy atom. The number of aryl methyl sites for hydroxylation is 2. The van der Waals surface area contributed by atoms with Crippen molar-refractivity contribution in [3.05, 3.63) is 148 Å². The summed E-state index contributed by atoms with van der Waals surface area (Å²) in [6.07, 6.45) is -0.192. The molecule has 4 aromatic carbocycles. The van der Waals surface area contributed by atoms with Crippen LogP contribution in [-0.4, -0.2) is 176 Å². The molecule has 1 aliphatic carbocycles. The summed E-state index contributed by atoms with van der Waals surface area (Å²) in [5, 5.41) is 26.3. The number of rotatable bonds is 18. The van der Waals surface area contributed by atoms with Gasteiger partial charge in [0.15, 0.2) is 5.72 Å². The van der Waals surface area contributed by atoms with E-state index in [0.717, 1.165) is 60.5 Å². The van der Waals surface area contributed by atoms with E-state index in [0.29, 0.717) is 23.7 Å². The number of hydrogen-bond acceptors (Lipinski definition) is 15. The van der Waals surface area contributed by atoms with Gasteiger partial charge in [-0.05, 0) is 91.1 Å². The summed E-state index contributed by atoms with van der Waals surface area (Å²) in [6.45, 7) is 7.74. The van der Waals surface area contributed by atoms with E-state index < -0.39 is 121 Å². The number of ether oxygens (including phenoxy) is 5. The third-order valence-corrected chi connectivity index (χ3v) is 18.3. The van der Waals surface area contributed by atoms with Gasteiger partial charge in [-0.25, -0.2) is 24.4 Å². The minimum Gasteiger partial charge on any atom is -0.457 e. The molecule has 5 N–H and O–H groups in total. The Hall–Kier alpha value is -8.61. The molecule has 2 saturated heterocycles. The van der Waals surface area contributed by atoms with Crippen LogP contribution in [0.1, 0.15) is 80.8 Å². The zero-order valence-corrected chi connectivity index (χ0v) is 53.6. The lowest BCUT2D eigenvalue weighted by Crippen LogP contribution is -2.63. The van der Waals surface area contributed by atoms with Crippen LogP contribution in [0.25, 0.3) is 22.0 Å². The molecule has 3 aliphatic heterocycles. The maximum Gasteiger partial charge on any atom is 0.424 e. The lowest BCUT2D eigenvalue weighted by molar-refractivity contribution is -0.161. The first-order valence-electron chi connectivity index (χ1n) is 30.2. The standard InChI is InChI=1S/C67H80ClN9O14/c1-39-18-17-25-54(87-10)67(86)33-53(89-64(84)72-67)41(3)62-66(5,91-62)55(32-59(81)75(8)52-30-43(28-39)29-40(2)61(52)68)90-63(83)42(4)74(7)60(82)36-71-58(80)35-70-57(79)34-69-56(78)26-27-77-45(31-44-19-11-16-24-51(44)77)37-73(6)76(9)65(85)88-38-50-48-22-14-12-20-46(48)47-21-13-15-23-49(47)50/h11-25,29-31,41-42,50,53-55,62,86H,26-28,32-38H2,1-10H3,(H,69,78)(H,70,79)(H,71,80)(H,72,84)/b25-17+,39-18+/t41-,42+,53+,54-,55+,62?,66+,67-/m1/s1. The smallest absolute Gasteiger partial charge is 0.424 e. The summed E-state index contributed by atoms with van der Waals surface area (Å²) in [6, 6.07) is 28.4. The van der Waals surface area contributed by atoms with Gasteiger partial charge in [0.2, 0.25) is 29.5 Å². The van der Waals surface area contributed by atoms with Crippen LogP contribution in [0.15, 0.2) is 115 Å². The summed E-state index contributed by atoms with van der Waals surface area (Å²) >= 11 is 6.84. The molecule has 4 bridgehead atoms. The van der Waals surface area contributed by atoms with Crippen molar-refractivity contribution in [3.8, 4) is 11.1 Å². The van der Waals surface area contributed by atoms with E-state index in [-0.39, 0.29) is 31.9 Å². The number of halogens is 1. The molecular weight excluding hydrogens is 1190 g/mol. The molecule has 24 heteroatoms. The molecule has 23 nitrogen and oxygen atoms in total. The number of benzene rings is 4. The number of anilines is 1. The molecule has 2 fully saturated rings. The Balaban J connectivity index is 0.753. The van der Waals surface area contributed by atoms with Gasteiger partial charge in [-0.2, -0.15) is 0 Å². The lowest BCUT2D eigenvalue weighted by atomic mass is 9.83. The SMILES string of the molecule is CO[C@@H]1/C=C/C=C(\C)Cc2cc(C)c(Cl)c(c2)N(C)C(=O)C[C@H](OC(=O)[C@H](C)N(C)C(=O)CNC(=O)CNC(=O)CNC(=O)CCn2c(CN(C)N(C)C(=O)OCC3c4ccccc4-c4ccccc43)cc3ccccc32)[C@]2(C)OC2[C@H](C)[C@@H]2C[C@]1(O)NC(=O)O2. The Kier molecular flexibility index (Phi) is 20.8. The van der Waals surface area contributed by atoms with Crippen molar-refractivity contribution in [3.63, 3.8) is 0 Å². The molecule has 4 aliphatic rings. The summed E-state index contributed by atoms with van der Waals surface area (Å²) in [5.74, 6) is -4.62. The number of para-hydroxylation sites is 1. The third-order valence-electron chi connectivity index (χ3n) is 17.8. The molecular formula is C67H80ClN9O14. The van der Waals surface area contributed by atoms with Gasteiger partial charge in [-0.3, -0.25) is 29.3 Å². The third kappa shape index (κ3) is 15.1. The summed E-state index contributed by atoms with van der Waals surface area (Å²) < 4.78 is 31.7. The van der Waals surface area contributed by atoms with Crippen LogP contribution >= 0.6 is 11.6 Å². The van der Waals surface area contributed by atoms with Crippen LogP contribution in [-0.2, 0) is 72.0 Å². The van der Waals surface area contributed by atoms with Gasteiger partial charge in [-0.15, -0.1) is 0 Å². The summed E-state index contributed by atoms with van der Waals surface area (Å²) in [7, 11) is 7.72. The number of fused-ring (bicyclic) bond motifs is 9. The molecule has 5 aromatic rings. The molecule has 4 heterocycles. The van der Waals surface area contributed by atoms with Crippen molar-refractivity contribution in [1.82, 2.24) is 40.8 Å². The van der Waals surface area contributed by atoms with E-state index in [1.165, 1.54) is 31.0 Å². The minimum absolute atomic E-state index is 0.00455. The predicted molar refractivity (Wildman–Crippen MR) is 339 cm³/mol. The number of aromatic nitrogens is 1. The minimum atomic E-state index is -1.89. The van der Waals surface area contributed by atoms with Crippen LogP contribution in [0, 0.1) is 12.8 Å². The van der Waals surface area contributed by atoms with E-state index >= 15 is 0 Å². The second-order valence-corrected chi connectivity index (χ2v) is 24.5. The Morgan fingerprint density at radius 1 is 0.879 bits per heavy atom. The zero-order valence-electron chi connectivity index (χ0n) is 52.9. The number of aliphatic hydroxyl groups is 1. The molecule has 8 atom stereocenters. The van der Waals surface area contributed by atoms with E-state index in [9.17, 15) is 43.5 Å². The van der Waals surface area contributed by atoms with Gasteiger partial charge in [0, 0.05) is 77.7 Å². The van der Waals surface area contributed by atoms with Crippen LogP contribution in [0.3, 0.4) is 0 Å². The number of alkyl carbamates (subject to hydrolysis) is 1. The maximum atomic E-state index is 14.4. The highest BCUT2D eigenvalue weighted by molar-refractivity contribution is 6.34. The van der Waals surface area contributed by atoms with Gasteiger partial charge in [0.25, 0.3) is 0 Å². The highest BCUT2D eigenvalue weighted by Crippen LogP contribution is 2.49. The number of carbonyl (C=O) groups excluding carboxylic acids is 8. The number of hydrogen-bond donors (Lipinski definition) is 5. The Morgan fingerprint density at radius 2 is 1.52 bits per heavy atom. The number of hydrazine groups is 1. The number of carbonyl (C=O) groups is 8. The van der Waals surface area contributed by atoms with Crippen molar-refractivity contribution >= 4 is 75.9 Å². The van der Waals surface area contributed by atoms with Gasteiger partial charge < -0.3 is 59.1 Å². The fraction of sp³-hybridized carbons (Fsp3) is 0.433. The van der Waals surface area contributed by atoms with Crippen molar-refractivity contribution in [1.29, 1.82) is 0 Å². The molecule has 91 heavy (non-hydrogen) atoms. The first-order valence-corrected chi connectivity index (χ1v) is 30.6. The zero-order chi connectivity index (χ0) is 65.6. The molecule has 0 saturated carbocycles. The van der Waals surface area contributed by atoms with Gasteiger partial charge in [0.1, 0.15) is 36.6 Å². The van der Waals surface area contributed by atoms with Crippen molar-refractivity contribution in [2.24, 2.45) is 5.92 Å². The molecule has 0 spiro atoms. The molecule has 9 rings (SSSR count). The first kappa shape index (κ1) is 66.8. The van der Waals surface area contributed by atoms with Gasteiger partial charge in [-0.1, -0.05) is 115 Å². The van der Waals surface area contributed by atoms with Crippen molar-refractivity contribution in [2.45, 2.75) is 121 Å². The molecule has 1 aromatic heterocycles. The number of nitrogens with one attached hydrogen (secondary N) is 4. The first-order chi connectivity index (χ1) is 43.3. The van der Waals surface area contributed by atoms with Crippen molar-refractivity contribution in [2.75, 3.05) is 66.4 Å². The van der Waals surface area contributed by atoms with Gasteiger partial charge in [0.05, 0.1) is 49.4 Å². The van der Waals surface area contributed by atoms with Crippen molar-refractivity contribution < 1.29 is 67.1 Å². The Bertz CT molecular complexity index is 3640. The average Bonchev–Trinajstić information content (AvgIpc) is 1.59. The highest BCUT2D eigenvalue weighted by atomic mass is 35.5. The van der Waals surface area contributed by atoms with Crippen LogP contribution in [0.2, 0.25) is 5.02 Å². The molecule has 484 valence electrons. The predicted octanol–water partition coefficient (Wildman–Crippen LogP) is 6.44. The summed E-state index contributed by atoms with van der Waals surface area (Å²) in [5.41, 5.74) is 5.86. The molecule has 7 amide bonds. The number of nitrogens with zero attached hydrogens (tertiary/aromatic N) is 5. The second-order valence-electron chi connectivity index (χ2n) is 24.1. The second kappa shape index (κ2) is 28.3. The summed E-state index contributed by atoms with van der Waals surface area (Å²) in [4.78, 5) is 110.